The van der Waals surface area contributed by atoms with Gasteiger partial charge in [0.2, 0.25) is 5.78 Å². The third-order valence-corrected chi connectivity index (χ3v) is 5.84. The van der Waals surface area contributed by atoms with Crippen molar-refractivity contribution in [1.82, 2.24) is 4.98 Å². The zero-order valence-corrected chi connectivity index (χ0v) is 18.0. The predicted octanol–water partition coefficient (Wildman–Crippen LogP) is 5.80. The van der Waals surface area contributed by atoms with Crippen molar-refractivity contribution in [2.75, 3.05) is 0 Å². The first-order valence-corrected chi connectivity index (χ1v) is 10.9. The Morgan fingerprint density at radius 1 is 1.25 bits per heavy atom. The average molecular weight is 429 g/mol. The summed E-state index contributed by atoms with van der Waals surface area (Å²) >= 11 is 0. The van der Waals surface area contributed by atoms with Crippen molar-refractivity contribution < 1.29 is 14.3 Å². The third-order valence-electron chi connectivity index (χ3n) is 5.84. The summed E-state index contributed by atoms with van der Waals surface area (Å²) in [6.45, 7) is 1.97. The van der Waals surface area contributed by atoms with Crippen LogP contribution in [0.15, 0.2) is 54.6 Å². The maximum absolute atomic E-state index is 13.6. The molecule has 4 nitrogen and oxygen atoms in total. The van der Waals surface area contributed by atoms with E-state index in [1.807, 2.05) is 37.3 Å². The van der Waals surface area contributed by atoms with Crippen LogP contribution >= 0.6 is 0 Å². The van der Waals surface area contributed by atoms with Gasteiger partial charge in [-0.1, -0.05) is 49.4 Å². The molecule has 1 saturated carbocycles. The number of hydrogen-bond acceptors (Lipinski definition) is 4. The molecular formula is C27H25FN2O2. The Bertz CT molecular complexity index is 1210. The van der Waals surface area contributed by atoms with Crippen LogP contribution in [0.3, 0.4) is 0 Å². The molecule has 1 fully saturated rings. The SMILES string of the molecule is CC(/C=C/c1c(C2CC2)nc2ccccc2c1-c1ccc(F)cc1)CC(O)CC(=O)C#N. The number of para-hydroxylation sites is 1. The van der Waals surface area contributed by atoms with Crippen molar-refractivity contribution in [3.8, 4) is 17.2 Å². The number of allylic oxidation sites excluding steroid dienone is 1. The van der Waals surface area contributed by atoms with Crippen molar-refractivity contribution >= 4 is 22.8 Å². The van der Waals surface area contributed by atoms with Crippen LogP contribution in [-0.2, 0) is 4.79 Å². The smallest absolute Gasteiger partial charge is 0.234 e. The van der Waals surface area contributed by atoms with Crippen LogP contribution in [0.25, 0.3) is 28.1 Å². The van der Waals surface area contributed by atoms with Crippen LogP contribution in [0.4, 0.5) is 4.39 Å². The molecule has 0 amide bonds. The molecule has 1 aliphatic carbocycles. The number of benzene rings is 2. The van der Waals surface area contributed by atoms with E-state index in [-0.39, 0.29) is 18.2 Å². The Morgan fingerprint density at radius 3 is 2.66 bits per heavy atom. The van der Waals surface area contributed by atoms with Gasteiger partial charge in [-0.15, -0.1) is 0 Å². The highest BCUT2D eigenvalue weighted by atomic mass is 19.1. The van der Waals surface area contributed by atoms with Gasteiger partial charge in [-0.25, -0.2) is 4.39 Å². The molecule has 1 N–H and O–H groups in total. The second-order valence-corrected chi connectivity index (χ2v) is 8.55. The Kier molecular flexibility index (Phi) is 6.43. The molecule has 1 aromatic heterocycles. The van der Waals surface area contributed by atoms with Crippen molar-refractivity contribution in [1.29, 1.82) is 5.26 Å². The Balaban J connectivity index is 1.76. The number of nitriles is 1. The molecule has 4 rings (SSSR count). The van der Waals surface area contributed by atoms with Gasteiger partial charge < -0.3 is 5.11 Å². The highest BCUT2D eigenvalue weighted by Gasteiger charge is 2.29. The van der Waals surface area contributed by atoms with E-state index in [1.165, 1.54) is 12.1 Å². The molecule has 2 aromatic carbocycles. The van der Waals surface area contributed by atoms with E-state index in [1.54, 1.807) is 18.2 Å². The first-order chi connectivity index (χ1) is 15.5. The number of ketones is 1. The van der Waals surface area contributed by atoms with Crippen molar-refractivity contribution in [3.05, 3.63) is 71.7 Å². The molecule has 0 saturated heterocycles. The summed E-state index contributed by atoms with van der Waals surface area (Å²) in [5.41, 5.74) is 4.95. The van der Waals surface area contributed by atoms with Crippen LogP contribution in [-0.4, -0.2) is 22.0 Å². The quantitative estimate of drug-likeness (QED) is 0.460. The maximum Gasteiger partial charge on any atom is 0.234 e. The molecule has 5 heteroatoms. The first-order valence-electron chi connectivity index (χ1n) is 10.9. The van der Waals surface area contributed by atoms with Crippen molar-refractivity contribution in [2.45, 2.75) is 44.6 Å². The van der Waals surface area contributed by atoms with E-state index >= 15 is 0 Å². The number of aliphatic hydroxyl groups is 1. The second-order valence-electron chi connectivity index (χ2n) is 8.55. The molecule has 2 atom stereocenters. The minimum Gasteiger partial charge on any atom is -0.393 e. The zero-order valence-electron chi connectivity index (χ0n) is 18.0. The van der Waals surface area contributed by atoms with Crippen LogP contribution in [0.5, 0.6) is 0 Å². The number of rotatable bonds is 8. The molecule has 1 aliphatic rings. The molecule has 162 valence electrons. The average Bonchev–Trinajstić information content (AvgIpc) is 3.62. The number of aliphatic hydroxyl groups excluding tert-OH is 1. The molecule has 2 unspecified atom stereocenters. The summed E-state index contributed by atoms with van der Waals surface area (Å²) in [4.78, 5) is 16.3. The summed E-state index contributed by atoms with van der Waals surface area (Å²) in [7, 11) is 0. The normalized spacial score (nSPS) is 15.6. The van der Waals surface area contributed by atoms with Gasteiger partial charge in [0, 0.05) is 28.9 Å². The number of Topliss-reactive ketones (excluding diaryl/α,β-unsaturated/α-hetero) is 1. The Morgan fingerprint density at radius 2 is 1.97 bits per heavy atom. The van der Waals surface area contributed by atoms with E-state index in [0.717, 1.165) is 46.1 Å². The molecular weight excluding hydrogens is 403 g/mol. The minimum absolute atomic E-state index is 0.00363. The Labute approximate surface area is 187 Å². The Hall–Kier alpha value is -3.36. The lowest BCUT2D eigenvalue weighted by Crippen LogP contribution is -2.14. The number of pyridine rings is 1. The van der Waals surface area contributed by atoms with E-state index in [0.29, 0.717) is 12.3 Å². The molecule has 0 bridgehead atoms. The molecule has 32 heavy (non-hydrogen) atoms. The number of carbonyl (C=O) groups is 1. The summed E-state index contributed by atoms with van der Waals surface area (Å²) in [5.74, 6) is -0.480. The van der Waals surface area contributed by atoms with Gasteiger partial charge in [0.05, 0.1) is 17.3 Å². The van der Waals surface area contributed by atoms with Gasteiger partial charge in [0.1, 0.15) is 11.9 Å². The van der Waals surface area contributed by atoms with Gasteiger partial charge in [-0.3, -0.25) is 9.78 Å². The minimum atomic E-state index is -0.851. The summed E-state index contributed by atoms with van der Waals surface area (Å²) in [5, 5.41) is 19.8. The third kappa shape index (κ3) is 4.92. The van der Waals surface area contributed by atoms with E-state index in [2.05, 4.69) is 6.08 Å². The number of aromatic nitrogens is 1. The number of nitrogens with zero attached hydrogens (tertiary/aromatic N) is 2. The number of halogens is 1. The number of fused-ring (bicyclic) bond motifs is 1. The van der Waals surface area contributed by atoms with Crippen molar-refractivity contribution in [2.24, 2.45) is 5.92 Å². The largest absolute Gasteiger partial charge is 0.393 e. The molecule has 0 spiro atoms. The standard InChI is InChI=1S/C27H25FN2O2/c1-17(14-21(31)15-22(32)16-29)6-13-24-26(18-9-11-20(28)12-10-18)23-4-2-3-5-25(23)30-27(24)19-7-8-19/h2-6,9-13,17,19,21,31H,7-8,14-15H2,1H3/b13-6+. The van der Waals surface area contributed by atoms with Gasteiger partial charge >= 0.3 is 0 Å². The highest BCUT2D eigenvalue weighted by molar-refractivity contribution is 5.99. The molecule has 1 heterocycles. The van der Waals surface area contributed by atoms with Gasteiger partial charge in [-0.2, -0.15) is 5.26 Å². The van der Waals surface area contributed by atoms with Gasteiger partial charge in [-0.05, 0) is 48.9 Å². The fourth-order valence-electron chi connectivity index (χ4n) is 4.12. The van der Waals surface area contributed by atoms with E-state index < -0.39 is 11.9 Å². The molecule has 0 radical (unpaired) electrons. The lowest BCUT2D eigenvalue weighted by atomic mass is 9.91. The summed E-state index contributed by atoms with van der Waals surface area (Å²) in [6, 6.07) is 16.1. The van der Waals surface area contributed by atoms with Crippen molar-refractivity contribution in [3.63, 3.8) is 0 Å². The summed E-state index contributed by atoms with van der Waals surface area (Å²) < 4.78 is 13.6. The first kappa shape index (κ1) is 21.9. The van der Waals surface area contributed by atoms with Crippen LogP contribution in [0.2, 0.25) is 0 Å². The predicted molar refractivity (Wildman–Crippen MR) is 123 cm³/mol. The van der Waals surface area contributed by atoms with Crippen LogP contribution < -0.4 is 0 Å². The lowest BCUT2D eigenvalue weighted by molar-refractivity contribution is -0.115. The van der Waals surface area contributed by atoms with Crippen LogP contribution in [0.1, 0.15) is 49.8 Å². The monoisotopic (exact) mass is 428 g/mol. The molecule has 3 aromatic rings. The fraction of sp³-hybridized carbons (Fsp3) is 0.296. The van der Waals surface area contributed by atoms with E-state index in [9.17, 15) is 14.3 Å². The number of hydrogen-bond donors (Lipinski definition) is 1. The highest BCUT2D eigenvalue weighted by Crippen LogP contribution is 2.45. The van der Waals surface area contributed by atoms with E-state index in [4.69, 9.17) is 10.2 Å². The lowest BCUT2D eigenvalue weighted by Gasteiger charge is -2.16. The number of carbonyl (C=O) groups excluding carboxylic acids is 1. The molecule has 0 aliphatic heterocycles. The second kappa shape index (κ2) is 9.42. The fourth-order valence-corrected chi connectivity index (χ4v) is 4.12. The van der Waals surface area contributed by atoms with Crippen LogP contribution in [0, 0.1) is 23.1 Å². The zero-order chi connectivity index (χ0) is 22.7. The van der Waals surface area contributed by atoms with Gasteiger partial charge in [0.25, 0.3) is 0 Å². The van der Waals surface area contributed by atoms with Gasteiger partial charge in [0.15, 0.2) is 0 Å². The summed E-state index contributed by atoms with van der Waals surface area (Å²) in [6.07, 6.45) is 5.64. The maximum atomic E-state index is 13.6. The topological polar surface area (TPSA) is 74.0 Å².